The summed E-state index contributed by atoms with van der Waals surface area (Å²) in [6.45, 7) is 2.09. The first-order chi connectivity index (χ1) is 12.0. The van der Waals surface area contributed by atoms with E-state index in [9.17, 15) is 19.8 Å². The molecule has 2 aliphatic rings. The van der Waals surface area contributed by atoms with E-state index in [0.29, 0.717) is 23.6 Å². The molecule has 0 saturated carbocycles. The van der Waals surface area contributed by atoms with E-state index in [4.69, 9.17) is 10.8 Å². The molecule has 1 fully saturated rings. The minimum atomic E-state index is -1.14. The van der Waals surface area contributed by atoms with Crippen LogP contribution in [-0.4, -0.2) is 69.5 Å². The van der Waals surface area contributed by atoms with Gasteiger partial charge in [0.05, 0.1) is 31.0 Å². The van der Waals surface area contributed by atoms with E-state index in [1.54, 1.807) is 6.92 Å². The lowest BCUT2D eigenvalue weighted by molar-refractivity contribution is -0.163. The molecular formula is C16H25N3O5S. The maximum absolute atomic E-state index is 12.4. The summed E-state index contributed by atoms with van der Waals surface area (Å²) in [6.07, 6.45) is 2.75. The molecule has 0 aromatic carbocycles. The first-order valence-corrected chi connectivity index (χ1v) is 9.36. The van der Waals surface area contributed by atoms with Crippen LogP contribution in [0.2, 0.25) is 0 Å². The van der Waals surface area contributed by atoms with Crippen LogP contribution in [0, 0.1) is 11.8 Å². The predicted octanol–water partition coefficient (Wildman–Crippen LogP) is 0.00300. The zero-order valence-electron chi connectivity index (χ0n) is 14.2. The van der Waals surface area contributed by atoms with Gasteiger partial charge in [-0.05, 0) is 19.8 Å². The topological polar surface area (TPSA) is 136 Å². The maximum Gasteiger partial charge on any atom is 0.353 e. The molecule has 0 aliphatic carbocycles. The number of carboxylic acid groups (broad SMARTS) is 1. The molecule has 2 heterocycles. The van der Waals surface area contributed by atoms with Crippen LogP contribution in [-0.2, 0) is 9.59 Å². The normalized spacial score (nSPS) is 26.9. The van der Waals surface area contributed by atoms with Gasteiger partial charge < -0.3 is 26.0 Å². The molecule has 0 unspecified atom stereocenters. The average Bonchev–Trinajstić information content (AvgIpc) is 2.82. The number of aliphatic hydroxyl groups is 2. The number of fused-ring (bicyclic) bond motifs is 1. The van der Waals surface area contributed by atoms with Crippen LogP contribution in [0.15, 0.2) is 15.6 Å². The van der Waals surface area contributed by atoms with Crippen molar-refractivity contribution >= 4 is 30.0 Å². The second-order valence-electron chi connectivity index (χ2n) is 6.21. The Morgan fingerprint density at radius 2 is 2.20 bits per heavy atom. The molecule has 0 radical (unpaired) electrons. The summed E-state index contributed by atoms with van der Waals surface area (Å²) < 4.78 is 0. The highest BCUT2D eigenvalue weighted by atomic mass is 32.2. The largest absolute Gasteiger partial charge is 0.477 e. The molecule has 1 amide bonds. The van der Waals surface area contributed by atoms with Crippen LogP contribution >= 0.6 is 11.8 Å². The van der Waals surface area contributed by atoms with Crippen molar-refractivity contribution < 1.29 is 24.9 Å². The standard InChI is InChI=1S/C16H25N3O5S/c1-9(21)11-12-10(4-2-3-5-18-8-17)14(25-7-6-20)13(16(23)24)19(12)15(11)22/h8-12,20-21H,2-7H2,1H3,(H2,17,18)(H,23,24)/t9-,10-,11-,12-/m1/s1. The Hall–Kier alpha value is -1.58. The number of unbranched alkanes of at least 4 members (excludes halogenated alkanes) is 1. The number of nitrogens with zero attached hydrogens (tertiary/aromatic N) is 2. The Balaban J connectivity index is 2.22. The summed E-state index contributed by atoms with van der Waals surface area (Å²) in [5, 5.41) is 28.6. The van der Waals surface area contributed by atoms with E-state index in [0.717, 1.165) is 12.8 Å². The summed E-state index contributed by atoms with van der Waals surface area (Å²) >= 11 is 1.28. The van der Waals surface area contributed by atoms with E-state index < -0.39 is 18.0 Å². The summed E-state index contributed by atoms with van der Waals surface area (Å²) in [5.74, 6) is -1.82. The Morgan fingerprint density at radius 3 is 2.76 bits per heavy atom. The van der Waals surface area contributed by atoms with Gasteiger partial charge in [-0.3, -0.25) is 9.79 Å². The second-order valence-corrected chi connectivity index (χ2v) is 7.35. The molecule has 0 bridgehead atoms. The van der Waals surface area contributed by atoms with Gasteiger partial charge in [-0.25, -0.2) is 4.79 Å². The highest BCUT2D eigenvalue weighted by molar-refractivity contribution is 8.03. The fourth-order valence-corrected chi connectivity index (χ4v) is 4.75. The molecule has 9 heteroatoms. The number of thioether (sulfide) groups is 1. The molecule has 5 N–H and O–H groups in total. The lowest BCUT2D eigenvalue weighted by Gasteiger charge is -2.47. The average molecular weight is 371 g/mol. The van der Waals surface area contributed by atoms with Crippen LogP contribution in [0.25, 0.3) is 0 Å². The number of aliphatic imine (C=N–C) groups is 1. The van der Waals surface area contributed by atoms with Crippen LogP contribution in [0.4, 0.5) is 0 Å². The van der Waals surface area contributed by atoms with Gasteiger partial charge in [-0.2, -0.15) is 0 Å². The van der Waals surface area contributed by atoms with E-state index in [-0.39, 0.29) is 30.2 Å². The van der Waals surface area contributed by atoms with Crippen molar-refractivity contribution in [3.8, 4) is 0 Å². The maximum atomic E-state index is 12.4. The van der Waals surface area contributed by atoms with Gasteiger partial charge in [-0.1, -0.05) is 6.42 Å². The number of hydrogen-bond acceptors (Lipinski definition) is 6. The minimum Gasteiger partial charge on any atom is -0.477 e. The fraction of sp³-hybridized carbons (Fsp3) is 0.688. The Bertz CT molecular complexity index is 578. The highest BCUT2D eigenvalue weighted by Crippen LogP contribution is 2.52. The lowest BCUT2D eigenvalue weighted by atomic mass is 9.77. The van der Waals surface area contributed by atoms with E-state index in [1.165, 1.54) is 23.0 Å². The van der Waals surface area contributed by atoms with Crippen LogP contribution in [0.3, 0.4) is 0 Å². The van der Waals surface area contributed by atoms with Crippen molar-refractivity contribution in [2.45, 2.75) is 38.3 Å². The molecular weight excluding hydrogens is 346 g/mol. The van der Waals surface area contributed by atoms with Crippen LogP contribution in [0.1, 0.15) is 26.2 Å². The minimum absolute atomic E-state index is 0.00956. The van der Waals surface area contributed by atoms with Crippen molar-refractivity contribution in [3.05, 3.63) is 10.6 Å². The number of β-lactam (4-membered cyclic amide) rings is 1. The zero-order chi connectivity index (χ0) is 18.6. The van der Waals surface area contributed by atoms with Crippen molar-refractivity contribution in [1.29, 1.82) is 0 Å². The van der Waals surface area contributed by atoms with Crippen LogP contribution < -0.4 is 5.73 Å². The molecule has 0 spiro atoms. The van der Waals surface area contributed by atoms with E-state index in [1.807, 2.05) is 0 Å². The van der Waals surface area contributed by atoms with Gasteiger partial charge in [0.25, 0.3) is 0 Å². The third kappa shape index (κ3) is 3.83. The first-order valence-electron chi connectivity index (χ1n) is 8.38. The third-order valence-corrected chi connectivity index (χ3v) is 5.83. The molecule has 140 valence electrons. The van der Waals surface area contributed by atoms with Crippen molar-refractivity contribution in [2.75, 3.05) is 18.9 Å². The molecule has 8 nitrogen and oxygen atoms in total. The molecule has 2 rings (SSSR count). The molecule has 2 aliphatic heterocycles. The number of hydrogen-bond donors (Lipinski definition) is 4. The number of carbonyl (C=O) groups is 2. The zero-order valence-corrected chi connectivity index (χ0v) is 15.0. The highest BCUT2D eigenvalue weighted by Gasteiger charge is 2.60. The van der Waals surface area contributed by atoms with Crippen molar-refractivity contribution in [3.63, 3.8) is 0 Å². The number of rotatable bonds is 10. The summed E-state index contributed by atoms with van der Waals surface area (Å²) in [6, 6.07) is -0.321. The number of carbonyl (C=O) groups excluding carboxylic acids is 1. The van der Waals surface area contributed by atoms with Gasteiger partial charge in [0.2, 0.25) is 5.91 Å². The molecule has 1 saturated heterocycles. The molecule has 25 heavy (non-hydrogen) atoms. The quantitative estimate of drug-likeness (QED) is 0.184. The van der Waals surface area contributed by atoms with Gasteiger partial charge in [0, 0.05) is 23.1 Å². The Morgan fingerprint density at radius 1 is 1.48 bits per heavy atom. The monoisotopic (exact) mass is 371 g/mol. The number of amides is 1. The van der Waals surface area contributed by atoms with Gasteiger partial charge >= 0.3 is 5.97 Å². The van der Waals surface area contributed by atoms with Gasteiger partial charge in [-0.15, -0.1) is 11.8 Å². The Kier molecular flexibility index (Phi) is 6.86. The number of aliphatic carboxylic acids is 1. The first kappa shape index (κ1) is 19.7. The number of carboxylic acids is 1. The molecule has 4 atom stereocenters. The molecule has 0 aromatic heterocycles. The number of aliphatic hydroxyl groups excluding tert-OH is 2. The van der Waals surface area contributed by atoms with Crippen molar-refractivity contribution in [2.24, 2.45) is 22.6 Å². The van der Waals surface area contributed by atoms with Gasteiger partial charge in [0.1, 0.15) is 5.70 Å². The summed E-state index contributed by atoms with van der Waals surface area (Å²) in [7, 11) is 0. The SMILES string of the molecule is C[C@@H](O)[C@H]1C(=O)N2C(C(=O)O)=C(SCCO)[C@H](CCCCN=CN)[C@H]12. The third-order valence-electron chi connectivity index (χ3n) is 4.64. The van der Waals surface area contributed by atoms with Gasteiger partial charge in [0.15, 0.2) is 0 Å². The predicted molar refractivity (Wildman–Crippen MR) is 94.9 cm³/mol. The van der Waals surface area contributed by atoms with Crippen LogP contribution in [0.5, 0.6) is 0 Å². The summed E-state index contributed by atoms with van der Waals surface area (Å²) in [5.41, 5.74) is 5.22. The van der Waals surface area contributed by atoms with Crippen molar-refractivity contribution in [1.82, 2.24) is 4.90 Å². The number of nitrogens with two attached hydrogens (primary N) is 1. The fourth-order valence-electron chi connectivity index (χ4n) is 3.65. The smallest absolute Gasteiger partial charge is 0.353 e. The van der Waals surface area contributed by atoms with E-state index in [2.05, 4.69) is 4.99 Å². The molecule has 0 aromatic rings. The second kappa shape index (κ2) is 8.68. The summed E-state index contributed by atoms with van der Waals surface area (Å²) in [4.78, 5) is 30.0. The Labute approximate surface area is 150 Å². The van der Waals surface area contributed by atoms with E-state index >= 15 is 0 Å². The lowest BCUT2D eigenvalue weighted by Crippen LogP contribution is -2.63.